The van der Waals surface area contributed by atoms with Gasteiger partial charge >= 0.3 is 6.03 Å². The van der Waals surface area contributed by atoms with Gasteiger partial charge in [-0.3, -0.25) is 0 Å². The lowest BCUT2D eigenvalue weighted by Gasteiger charge is -2.33. The maximum atomic E-state index is 12.6. The monoisotopic (exact) mass is 435 g/mol. The summed E-state index contributed by atoms with van der Waals surface area (Å²) >= 11 is 0. The maximum absolute atomic E-state index is 12.6. The first-order valence-electron chi connectivity index (χ1n) is 11.4. The van der Waals surface area contributed by atoms with Crippen molar-refractivity contribution in [2.45, 2.75) is 32.1 Å². The van der Waals surface area contributed by atoms with E-state index >= 15 is 0 Å². The van der Waals surface area contributed by atoms with Gasteiger partial charge in [-0.25, -0.2) is 19.7 Å². The minimum atomic E-state index is -0.199. The third-order valence-electron chi connectivity index (χ3n) is 6.17. The van der Waals surface area contributed by atoms with E-state index in [1.54, 1.807) is 6.20 Å². The third kappa shape index (κ3) is 4.36. The molecule has 2 N–H and O–H groups in total. The molecule has 5 rings (SSSR count). The molecule has 1 saturated heterocycles. The van der Waals surface area contributed by atoms with Gasteiger partial charge in [-0.15, -0.1) is 0 Å². The Morgan fingerprint density at radius 1 is 1.00 bits per heavy atom. The van der Waals surface area contributed by atoms with Gasteiger partial charge in [0.05, 0.1) is 23.8 Å². The molecule has 3 aromatic rings. The number of piperazine rings is 1. The van der Waals surface area contributed by atoms with Crippen molar-refractivity contribution in [2.75, 3.05) is 50.0 Å². The Balaban J connectivity index is 1.36. The van der Waals surface area contributed by atoms with Gasteiger partial charge in [0.1, 0.15) is 16.9 Å². The normalized spacial score (nSPS) is 18.3. The standard InChI is InChI=1S/C22H29N9O/c1-29-10-12-30(13-11-29)16-7-8-19(24-14-16)26-21-25-15-17-20(27-21)18-6-4-2-3-5-9-23-22(32)31(18)28-17/h7-8,14-15H,2-6,9-13H2,1H3,(H,23,32)(H,24,26,27). The molecule has 2 aliphatic rings. The first-order chi connectivity index (χ1) is 15.7. The molecule has 1 fully saturated rings. The quantitative estimate of drug-likeness (QED) is 0.646. The summed E-state index contributed by atoms with van der Waals surface area (Å²) in [4.78, 5) is 30.9. The van der Waals surface area contributed by atoms with Crippen LogP contribution in [0.15, 0.2) is 24.5 Å². The molecule has 10 nitrogen and oxygen atoms in total. The van der Waals surface area contributed by atoms with Gasteiger partial charge in [-0.1, -0.05) is 12.8 Å². The van der Waals surface area contributed by atoms with Gasteiger partial charge < -0.3 is 20.4 Å². The van der Waals surface area contributed by atoms with Crippen LogP contribution in [-0.2, 0) is 6.42 Å². The minimum Gasteiger partial charge on any atom is -0.368 e. The lowest BCUT2D eigenvalue weighted by atomic mass is 10.1. The van der Waals surface area contributed by atoms with E-state index in [0.29, 0.717) is 29.3 Å². The third-order valence-corrected chi connectivity index (χ3v) is 6.17. The molecular weight excluding hydrogens is 406 g/mol. The number of nitrogens with one attached hydrogen (secondary N) is 2. The highest BCUT2D eigenvalue weighted by Gasteiger charge is 2.20. The van der Waals surface area contributed by atoms with Gasteiger partial charge in [-0.05, 0) is 38.4 Å². The molecule has 5 heterocycles. The molecule has 0 unspecified atom stereocenters. The van der Waals surface area contributed by atoms with Crippen molar-refractivity contribution < 1.29 is 4.79 Å². The van der Waals surface area contributed by atoms with Crippen LogP contribution in [0.1, 0.15) is 31.4 Å². The van der Waals surface area contributed by atoms with Crippen molar-refractivity contribution in [1.29, 1.82) is 0 Å². The first-order valence-corrected chi connectivity index (χ1v) is 11.4. The number of hydrogen-bond donors (Lipinski definition) is 2. The number of likely N-dealkylation sites (N-methyl/N-ethyl adjacent to an activating group) is 1. The molecule has 0 radical (unpaired) electrons. The second kappa shape index (κ2) is 9.07. The van der Waals surface area contributed by atoms with Gasteiger partial charge in [-0.2, -0.15) is 9.78 Å². The number of fused-ring (bicyclic) bond motifs is 3. The number of aromatic nitrogens is 5. The zero-order chi connectivity index (χ0) is 21.9. The van der Waals surface area contributed by atoms with E-state index in [2.05, 4.69) is 53.6 Å². The van der Waals surface area contributed by atoms with E-state index in [1.165, 1.54) is 4.68 Å². The van der Waals surface area contributed by atoms with Crippen LogP contribution in [0.3, 0.4) is 0 Å². The van der Waals surface area contributed by atoms with Crippen LogP contribution in [-0.4, -0.2) is 75.4 Å². The Hall–Kier alpha value is -3.27. The Morgan fingerprint density at radius 3 is 2.66 bits per heavy atom. The summed E-state index contributed by atoms with van der Waals surface area (Å²) in [5.74, 6) is 1.13. The Bertz CT molecular complexity index is 1090. The second-order valence-electron chi connectivity index (χ2n) is 8.50. The molecule has 0 aromatic carbocycles. The number of anilines is 3. The van der Waals surface area contributed by atoms with Crippen LogP contribution < -0.4 is 15.5 Å². The number of pyridine rings is 1. The lowest BCUT2D eigenvalue weighted by molar-refractivity contribution is 0.238. The van der Waals surface area contributed by atoms with E-state index in [1.807, 2.05) is 12.3 Å². The first kappa shape index (κ1) is 20.6. The van der Waals surface area contributed by atoms with Crippen molar-refractivity contribution in [3.8, 4) is 0 Å². The fourth-order valence-electron chi connectivity index (χ4n) is 4.25. The highest BCUT2D eigenvalue weighted by molar-refractivity contribution is 5.85. The van der Waals surface area contributed by atoms with Gasteiger partial charge in [0.25, 0.3) is 0 Å². The molecular formula is C22H29N9O. The molecule has 3 aromatic heterocycles. The zero-order valence-electron chi connectivity index (χ0n) is 18.4. The summed E-state index contributed by atoms with van der Waals surface area (Å²) < 4.78 is 1.46. The average molecular weight is 436 g/mol. The fraction of sp³-hybridized carbons (Fsp3) is 0.500. The Kier molecular flexibility index (Phi) is 5.85. The SMILES string of the molecule is CN1CCN(c2ccc(Nc3ncc4nn5c(c4n3)CCCCCCNC5=O)nc2)CC1. The fourth-order valence-corrected chi connectivity index (χ4v) is 4.25. The molecule has 0 aliphatic carbocycles. The van der Waals surface area contributed by atoms with E-state index in [-0.39, 0.29) is 6.03 Å². The summed E-state index contributed by atoms with van der Waals surface area (Å²) in [5, 5.41) is 10.6. The number of carbonyl (C=O) groups is 1. The van der Waals surface area contributed by atoms with Crippen molar-refractivity contribution >= 4 is 34.5 Å². The summed E-state index contributed by atoms with van der Waals surface area (Å²) in [5.41, 5.74) is 3.30. The van der Waals surface area contributed by atoms with Crippen LogP contribution in [0.5, 0.6) is 0 Å². The number of aryl methyl sites for hydroxylation is 1. The Morgan fingerprint density at radius 2 is 1.84 bits per heavy atom. The number of carbonyl (C=O) groups excluding carboxylic acids is 1. The summed E-state index contributed by atoms with van der Waals surface area (Å²) in [6, 6.07) is 3.83. The zero-order valence-corrected chi connectivity index (χ0v) is 18.4. The van der Waals surface area contributed by atoms with Gasteiger partial charge in [0.15, 0.2) is 0 Å². The highest BCUT2D eigenvalue weighted by Crippen LogP contribution is 2.22. The molecule has 10 heteroatoms. The topological polar surface area (TPSA) is 104 Å². The molecule has 1 amide bonds. The number of nitrogens with zero attached hydrogens (tertiary/aromatic N) is 7. The molecule has 0 atom stereocenters. The average Bonchev–Trinajstić information content (AvgIpc) is 3.17. The predicted octanol–water partition coefficient (Wildman–Crippen LogP) is 2.39. The van der Waals surface area contributed by atoms with Crippen molar-refractivity contribution in [1.82, 2.24) is 34.9 Å². The summed E-state index contributed by atoms with van der Waals surface area (Å²) in [6.45, 7) is 4.79. The smallest absolute Gasteiger partial charge is 0.342 e. The van der Waals surface area contributed by atoms with Crippen molar-refractivity contribution in [3.05, 3.63) is 30.2 Å². The van der Waals surface area contributed by atoms with Crippen LogP contribution in [0.25, 0.3) is 11.0 Å². The lowest BCUT2D eigenvalue weighted by Crippen LogP contribution is -2.44. The van der Waals surface area contributed by atoms with E-state index in [9.17, 15) is 4.79 Å². The minimum absolute atomic E-state index is 0.199. The molecule has 0 spiro atoms. The van der Waals surface area contributed by atoms with E-state index < -0.39 is 0 Å². The van der Waals surface area contributed by atoms with Gasteiger partial charge in [0, 0.05) is 32.7 Å². The largest absolute Gasteiger partial charge is 0.368 e. The summed E-state index contributed by atoms with van der Waals surface area (Å²) in [6.07, 6.45) is 8.56. The molecule has 32 heavy (non-hydrogen) atoms. The molecule has 168 valence electrons. The van der Waals surface area contributed by atoms with E-state index in [4.69, 9.17) is 0 Å². The maximum Gasteiger partial charge on any atom is 0.342 e. The molecule has 0 bridgehead atoms. The van der Waals surface area contributed by atoms with Crippen molar-refractivity contribution in [2.24, 2.45) is 0 Å². The number of hydrogen-bond acceptors (Lipinski definition) is 8. The van der Waals surface area contributed by atoms with Crippen LogP contribution in [0.4, 0.5) is 22.2 Å². The second-order valence-corrected chi connectivity index (χ2v) is 8.50. The number of amides is 1. The van der Waals surface area contributed by atoms with Crippen LogP contribution >= 0.6 is 0 Å². The molecule has 0 saturated carbocycles. The van der Waals surface area contributed by atoms with Crippen molar-refractivity contribution in [3.63, 3.8) is 0 Å². The van der Waals surface area contributed by atoms with Gasteiger partial charge in [0.2, 0.25) is 5.95 Å². The predicted molar refractivity (Wildman–Crippen MR) is 124 cm³/mol. The number of rotatable bonds is 3. The highest BCUT2D eigenvalue weighted by atomic mass is 16.2. The van der Waals surface area contributed by atoms with Crippen LogP contribution in [0, 0.1) is 0 Å². The molecule has 2 aliphatic heterocycles. The van der Waals surface area contributed by atoms with Crippen LogP contribution in [0.2, 0.25) is 0 Å². The summed E-state index contributed by atoms with van der Waals surface area (Å²) in [7, 11) is 2.15. The Labute approximate surface area is 187 Å². The van der Waals surface area contributed by atoms with E-state index in [0.717, 1.165) is 69.7 Å².